The molecule has 0 saturated carbocycles. The number of carbonyl (C=O) groups excluding carboxylic acids is 1. The molecule has 0 bridgehead atoms. The molecule has 0 atom stereocenters. The molecule has 2 N–H and O–H groups in total. The number of fused-ring (bicyclic) bond motifs is 1. The molecular formula is C28H31N5O4S. The fraction of sp³-hybridized carbons (Fsp3) is 0.357. The Kier molecular flexibility index (Phi) is 7.44. The number of ether oxygens (including phenoxy) is 2. The number of anilines is 2. The van der Waals surface area contributed by atoms with Crippen molar-refractivity contribution in [2.75, 3.05) is 18.4 Å². The van der Waals surface area contributed by atoms with Gasteiger partial charge in [0.2, 0.25) is 5.95 Å². The van der Waals surface area contributed by atoms with Crippen molar-refractivity contribution in [3.8, 4) is 16.3 Å². The normalized spacial score (nSPS) is 14.5. The Morgan fingerprint density at radius 1 is 1.16 bits per heavy atom. The SMILES string of the molecule is CC(C)(C)OC(=O)N1CCC(Oc2cc3nc(Nc4ccccc4)ncc3cc2-c2nc(CO)cs2)CC1. The number of nitrogens with one attached hydrogen (secondary N) is 1. The van der Waals surface area contributed by atoms with Gasteiger partial charge in [-0.15, -0.1) is 11.3 Å². The highest BCUT2D eigenvalue weighted by molar-refractivity contribution is 7.13. The summed E-state index contributed by atoms with van der Waals surface area (Å²) in [5.41, 5.74) is 2.55. The smallest absolute Gasteiger partial charge is 0.410 e. The number of amides is 1. The van der Waals surface area contributed by atoms with Gasteiger partial charge >= 0.3 is 6.09 Å². The van der Waals surface area contributed by atoms with E-state index in [1.54, 1.807) is 11.1 Å². The van der Waals surface area contributed by atoms with Crippen LogP contribution in [-0.2, 0) is 11.3 Å². The molecule has 10 heteroatoms. The molecule has 1 fully saturated rings. The minimum absolute atomic E-state index is 0.0779. The van der Waals surface area contributed by atoms with Crippen molar-refractivity contribution in [3.63, 3.8) is 0 Å². The first-order chi connectivity index (χ1) is 18.3. The number of rotatable bonds is 6. The topological polar surface area (TPSA) is 110 Å². The second-order valence-electron chi connectivity index (χ2n) is 10.2. The van der Waals surface area contributed by atoms with Gasteiger partial charge in [0.25, 0.3) is 0 Å². The number of likely N-dealkylation sites (tertiary alicyclic amines) is 1. The summed E-state index contributed by atoms with van der Waals surface area (Å²) in [4.78, 5) is 28.0. The summed E-state index contributed by atoms with van der Waals surface area (Å²) in [6.45, 7) is 6.60. The number of para-hydroxylation sites is 1. The molecule has 1 aliphatic rings. The zero-order valence-corrected chi connectivity index (χ0v) is 22.5. The molecule has 1 aliphatic heterocycles. The van der Waals surface area contributed by atoms with Crippen LogP contribution in [0.1, 0.15) is 39.3 Å². The molecular weight excluding hydrogens is 502 g/mol. The van der Waals surface area contributed by atoms with Gasteiger partial charge in [0.1, 0.15) is 22.5 Å². The number of aromatic nitrogens is 3. The molecule has 2 aromatic heterocycles. The van der Waals surface area contributed by atoms with Crippen LogP contribution in [0.4, 0.5) is 16.4 Å². The highest BCUT2D eigenvalue weighted by Gasteiger charge is 2.28. The van der Waals surface area contributed by atoms with Crippen molar-refractivity contribution in [3.05, 3.63) is 59.7 Å². The minimum Gasteiger partial charge on any atom is -0.489 e. The predicted molar refractivity (Wildman–Crippen MR) is 148 cm³/mol. The summed E-state index contributed by atoms with van der Waals surface area (Å²) in [6.07, 6.45) is 2.77. The van der Waals surface area contributed by atoms with Crippen LogP contribution < -0.4 is 10.1 Å². The van der Waals surface area contributed by atoms with Crippen molar-refractivity contribution in [2.45, 2.75) is 51.9 Å². The molecule has 0 unspecified atom stereocenters. The van der Waals surface area contributed by atoms with Crippen molar-refractivity contribution in [1.82, 2.24) is 19.9 Å². The minimum atomic E-state index is -0.526. The summed E-state index contributed by atoms with van der Waals surface area (Å²) in [5, 5.41) is 16.2. The van der Waals surface area contributed by atoms with Crippen LogP contribution in [0.25, 0.3) is 21.5 Å². The second kappa shape index (κ2) is 10.9. The van der Waals surface area contributed by atoms with Gasteiger partial charge in [0.05, 0.1) is 23.4 Å². The lowest BCUT2D eigenvalue weighted by atomic mass is 10.1. The zero-order chi connectivity index (χ0) is 26.7. The van der Waals surface area contributed by atoms with E-state index in [9.17, 15) is 9.90 Å². The number of hydrogen-bond acceptors (Lipinski definition) is 9. The Morgan fingerprint density at radius 2 is 1.92 bits per heavy atom. The first-order valence-corrected chi connectivity index (χ1v) is 13.5. The van der Waals surface area contributed by atoms with E-state index in [4.69, 9.17) is 14.5 Å². The third kappa shape index (κ3) is 6.20. The number of aliphatic hydroxyl groups excluding tert-OH is 1. The summed E-state index contributed by atoms with van der Waals surface area (Å²) in [6, 6.07) is 13.7. The first kappa shape index (κ1) is 25.9. The molecule has 38 heavy (non-hydrogen) atoms. The van der Waals surface area contributed by atoms with Crippen LogP contribution in [-0.4, -0.2) is 55.8 Å². The van der Waals surface area contributed by atoms with Gasteiger partial charge in [-0.05, 0) is 39.0 Å². The van der Waals surface area contributed by atoms with E-state index in [1.165, 1.54) is 11.3 Å². The van der Waals surface area contributed by atoms with Gasteiger partial charge in [-0.1, -0.05) is 18.2 Å². The van der Waals surface area contributed by atoms with Crippen molar-refractivity contribution < 1.29 is 19.4 Å². The lowest BCUT2D eigenvalue weighted by Gasteiger charge is -2.33. The first-order valence-electron chi connectivity index (χ1n) is 12.6. The monoisotopic (exact) mass is 533 g/mol. The van der Waals surface area contributed by atoms with Crippen LogP contribution in [0, 0.1) is 0 Å². The van der Waals surface area contributed by atoms with E-state index in [0.29, 0.717) is 43.3 Å². The van der Waals surface area contributed by atoms with Crippen LogP contribution >= 0.6 is 11.3 Å². The van der Waals surface area contributed by atoms with E-state index in [1.807, 2.05) is 68.6 Å². The fourth-order valence-electron chi connectivity index (χ4n) is 4.20. The molecule has 0 spiro atoms. The van der Waals surface area contributed by atoms with Crippen LogP contribution in [0.5, 0.6) is 5.75 Å². The van der Waals surface area contributed by atoms with E-state index in [0.717, 1.165) is 27.2 Å². The Bertz CT molecular complexity index is 1410. The molecule has 198 valence electrons. The predicted octanol–water partition coefficient (Wildman–Crippen LogP) is 5.77. The van der Waals surface area contributed by atoms with E-state index < -0.39 is 5.60 Å². The number of thiazole rings is 1. The molecule has 0 aliphatic carbocycles. The van der Waals surface area contributed by atoms with Crippen molar-refractivity contribution >= 4 is 40.0 Å². The van der Waals surface area contributed by atoms with Crippen molar-refractivity contribution in [2.24, 2.45) is 0 Å². The molecule has 1 amide bonds. The van der Waals surface area contributed by atoms with Crippen LogP contribution in [0.15, 0.2) is 54.0 Å². The molecule has 1 saturated heterocycles. The van der Waals surface area contributed by atoms with Gasteiger partial charge < -0.3 is 24.8 Å². The molecule has 3 heterocycles. The highest BCUT2D eigenvalue weighted by atomic mass is 32.1. The number of nitrogens with zero attached hydrogens (tertiary/aromatic N) is 4. The van der Waals surface area contributed by atoms with E-state index in [2.05, 4.69) is 15.3 Å². The lowest BCUT2D eigenvalue weighted by Crippen LogP contribution is -2.44. The number of hydrogen-bond donors (Lipinski definition) is 2. The highest BCUT2D eigenvalue weighted by Crippen LogP contribution is 2.37. The number of piperidine rings is 1. The van der Waals surface area contributed by atoms with Gasteiger partial charge in [0.15, 0.2) is 0 Å². The third-order valence-corrected chi connectivity index (χ3v) is 6.97. The Hall–Kier alpha value is -3.76. The lowest BCUT2D eigenvalue weighted by molar-refractivity contribution is 0.0127. The number of aliphatic hydroxyl groups is 1. The summed E-state index contributed by atoms with van der Waals surface area (Å²) in [5.74, 6) is 1.15. The maximum absolute atomic E-state index is 12.5. The Balaban J connectivity index is 1.40. The van der Waals surface area contributed by atoms with Crippen LogP contribution in [0.2, 0.25) is 0 Å². The quantitative estimate of drug-likeness (QED) is 0.322. The maximum Gasteiger partial charge on any atom is 0.410 e. The standard InChI is InChI=1S/C28H31N5O4S/c1-28(2,3)37-27(35)33-11-9-21(10-12-33)36-24-14-23-18(13-22(24)25-30-20(16-34)17-38-25)15-29-26(32-23)31-19-7-5-4-6-8-19/h4-8,13-15,17,21,34H,9-12,16H2,1-3H3,(H,29,31,32). The molecule has 9 nitrogen and oxygen atoms in total. The zero-order valence-electron chi connectivity index (χ0n) is 21.7. The Labute approximate surface area is 225 Å². The molecule has 0 radical (unpaired) electrons. The third-order valence-electron chi connectivity index (χ3n) is 6.04. The Morgan fingerprint density at radius 3 is 2.61 bits per heavy atom. The fourth-order valence-corrected chi connectivity index (χ4v) is 5.03. The summed E-state index contributed by atoms with van der Waals surface area (Å²) in [7, 11) is 0. The molecule has 5 rings (SSSR count). The second-order valence-corrected chi connectivity index (χ2v) is 11.0. The van der Waals surface area contributed by atoms with Gasteiger partial charge in [-0.3, -0.25) is 0 Å². The number of carbonyl (C=O) groups is 1. The molecule has 2 aromatic carbocycles. The summed E-state index contributed by atoms with van der Waals surface area (Å²) >= 11 is 1.45. The van der Waals surface area contributed by atoms with Gasteiger partial charge in [-0.25, -0.2) is 19.7 Å². The van der Waals surface area contributed by atoms with Gasteiger partial charge in [0, 0.05) is 54.6 Å². The summed E-state index contributed by atoms with van der Waals surface area (Å²) < 4.78 is 12.0. The van der Waals surface area contributed by atoms with E-state index in [-0.39, 0.29) is 18.8 Å². The van der Waals surface area contributed by atoms with Gasteiger partial charge in [-0.2, -0.15) is 0 Å². The maximum atomic E-state index is 12.5. The van der Waals surface area contributed by atoms with Crippen molar-refractivity contribution in [1.29, 1.82) is 0 Å². The average molecular weight is 534 g/mol. The molecule has 4 aromatic rings. The largest absolute Gasteiger partial charge is 0.489 e. The average Bonchev–Trinajstić information content (AvgIpc) is 3.37. The van der Waals surface area contributed by atoms with E-state index >= 15 is 0 Å². The number of benzene rings is 2. The van der Waals surface area contributed by atoms with Crippen LogP contribution in [0.3, 0.4) is 0 Å².